The first-order valence-electron chi connectivity index (χ1n) is 4.49. The quantitative estimate of drug-likeness (QED) is 0.633. The van der Waals surface area contributed by atoms with E-state index < -0.39 is 0 Å². The lowest BCUT2D eigenvalue weighted by Gasteiger charge is -2.24. The molecule has 11 heavy (non-hydrogen) atoms. The number of aliphatic hydroxyl groups excluding tert-OH is 2. The Bertz CT molecular complexity index is 123. The van der Waals surface area contributed by atoms with E-state index >= 15 is 0 Å². The Morgan fingerprint density at radius 2 is 1.91 bits per heavy atom. The van der Waals surface area contributed by atoms with Crippen molar-refractivity contribution in [3.63, 3.8) is 0 Å². The fraction of sp³-hybridized carbons (Fsp3) is 1.00. The third-order valence-corrected chi connectivity index (χ3v) is 2.97. The third-order valence-electron chi connectivity index (χ3n) is 2.97. The molecule has 2 N–H and O–H groups in total. The number of aliphatic hydroxyl groups is 2. The lowest BCUT2D eigenvalue weighted by atomic mass is 9.87. The van der Waals surface area contributed by atoms with Gasteiger partial charge in [0.25, 0.3) is 0 Å². The molecule has 0 spiro atoms. The predicted octanol–water partition coefficient (Wildman–Crippen LogP) is 1.16. The molecule has 1 aliphatic rings. The van der Waals surface area contributed by atoms with Crippen LogP contribution in [0.25, 0.3) is 0 Å². The minimum Gasteiger partial charge on any atom is -0.393 e. The van der Waals surface area contributed by atoms with Gasteiger partial charge < -0.3 is 10.2 Å². The molecule has 0 radical (unpaired) electrons. The van der Waals surface area contributed by atoms with Crippen LogP contribution < -0.4 is 0 Å². The molecule has 2 heteroatoms. The second-order valence-corrected chi connectivity index (χ2v) is 3.76. The molecule has 0 aromatic heterocycles. The Labute approximate surface area is 68.2 Å². The molecule has 2 nitrogen and oxygen atoms in total. The molecular formula is C9H18O2. The highest BCUT2D eigenvalue weighted by Gasteiger charge is 2.31. The zero-order valence-corrected chi connectivity index (χ0v) is 7.33. The Hall–Kier alpha value is -0.0800. The topological polar surface area (TPSA) is 40.5 Å². The predicted molar refractivity (Wildman–Crippen MR) is 44.2 cm³/mol. The van der Waals surface area contributed by atoms with E-state index in [0.29, 0.717) is 5.92 Å². The first-order chi connectivity index (χ1) is 5.13. The lowest BCUT2D eigenvalue weighted by molar-refractivity contribution is 0.0398. The smallest absolute Gasteiger partial charge is 0.0571 e. The summed E-state index contributed by atoms with van der Waals surface area (Å²) in [5.41, 5.74) is 0. The lowest BCUT2D eigenvalue weighted by Crippen LogP contribution is -2.28. The molecule has 0 aliphatic heterocycles. The molecule has 0 aromatic rings. The van der Waals surface area contributed by atoms with Crippen molar-refractivity contribution in [2.24, 2.45) is 11.8 Å². The van der Waals surface area contributed by atoms with E-state index in [1.165, 1.54) is 0 Å². The zero-order valence-electron chi connectivity index (χ0n) is 7.33. The normalized spacial score (nSPS) is 37.1. The SMILES string of the molecule is CC(O)C(C)C1CCCC1O. The molecule has 4 atom stereocenters. The fourth-order valence-corrected chi connectivity index (χ4v) is 1.94. The first-order valence-corrected chi connectivity index (χ1v) is 4.49. The van der Waals surface area contributed by atoms with Crippen molar-refractivity contribution < 1.29 is 10.2 Å². The first kappa shape index (κ1) is 9.01. The maximum Gasteiger partial charge on any atom is 0.0571 e. The summed E-state index contributed by atoms with van der Waals surface area (Å²) in [7, 11) is 0. The van der Waals surface area contributed by atoms with Gasteiger partial charge in [0.15, 0.2) is 0 Å². The van der Waals surface area contributed by atoms with E-state index in [4.69, 9.17) is 0 Å². The van der Waals surface area contributed by atoms with E-state index in [-0.39, 0.29) is 18.1 Å². The van der Waals surface area contributed by atoms with Crippen LogP contribution in [0.4, 0.5) is 0 Å². The summed E-state index contributed by atoms with van der Waals surface area (Å²) in [4.78, 5) is 0. The maximum absolute atomic E-state index is 9.50. The van der Waals surface area contributed by atoms with Crippen LogP contribution in [0, 0.1) is 11.8 Å². The fourth-order valence-electron chi connectivity index (χ4n) is 1.94. The summed E-state index contributed by atoms with van der Waals surface area (Å²) in [6.07, 6.45) is 2.66. The second kappa shape index (κ2) is 3.55. The summed E-state index contributed by atoms with van der Waals surface area (Å²) in [6.45, 7) is 3.82. The second-order valence-electron chi connectivity index (χ2n) is 3.76. The minimum absolute atomic E-state index is 0.167. The highest BCUT2D eigenvalue weighted by molar-refractivity contribution is 4.82. The monoisotopic (exact) mass is 158 g/mol. The third kappa shape index (κ3) is 1.94. The standard InChI is InChI=1S/C9H18O2/c1-6(7(2)10)8-4-3-5-9(8)11/h6-11H,3-5H2,1-2H3. The highest BCUT2D eigenvalue weighted by atomic mass is 16.3. The van der Waals surface area contributed by atoms with Gasteiger partial charge in [-0.15, -0.1) is 0 Å². The average Bonchev–Trinajstić information content (AvgIpc) is 2.33. The van der Waals surface area contributed by atoms with E-state index in [9.17, 15) is 10.2 Å². The zero-order chi connectivity index (χ0) is 8.43. The van der Waals surface area contributed by atoms with Gasteiger partial charge in [0.1, 0.15) is 0 Å². The van der Waals surface area contributed by atoms with Crippen molar-refractivity contribution in [2.75, 3.05) is 0 Å². The Morgan fingerprint density at radius 3 is 2.27 bits per heavy atom. The molecule has 0 bridgehead atoms. The van der Waals surface area contributed by atoms with Crippen LogP contribution in [0.2, 0.25) is 0 Å². The van der Waals surface area contributed by atoms with Crippen molar-refractivity contribution in [3.8, 4) is 0 Å². The van der Waals surface area contributed by atoms with Gasteiger partial charge in [-0.3, -0.25) is 0 Å². The highest BCUT2D eigenvalue weighted by Crippen LogP contribution is 2.33. The maximum atomic E-state index is 9.50. The number of hydrogen-bond acceptors (Lipinski definition) is 2. The van der Waals surface area contributed by atoms with Gasteiger partial charge in [0, 0.05) is 0 Å². The molecule has 4 unspecified atom stereocenters. The van der Waals surface area contributed by atoms with Crippen LogP contribution in [0.15, 0.2) is 0 Å². The van der Waals surface area contributed by atoms with E-state index in [1.807, 2.05) is 6.92 Å². The Kier molecular flexibility index (Phi) is 2.90. The minimum atomic E-state index is -0.284. The van der Waals surface area contributed by atoms with E-state index in [2.05, 4.69) is 0 Å². The van der Waals surface area contributed by atoms with Crippen LogP contribution in [0.1, 0.15) is 33.1 Å². The van der Waals surface area contributed by atoms with Crippen LogP contribution in [-0.2, 0) is 0 Å². The molecule has 0 heterocycles. The van der Waals surface area contributed by atoms with Crippen molar-refractivity contribution >= 4 is 0 Å². The molecule has 0 amide bonds. The molecule has 0 saturated heterocycles. The molecule has 66 valence electrons. The van der Waals surface area contributed by atoms with E-state index in [1.54, 1.807) is 6.92 Å². The van der Waals surface area contributed by atoms with Crippen LogP contribution in [0.3, 0.4) is 0 Å². The van der Waals surface area contributed by atoms with Crippen molar-refractivity contribution in [3.05, 3.63) is 0 Å². The van der Waals surface area contributed by atoms with Crippen molar-refractivity contribution in [1.29, 1.82) is 0 Å². The van der Waals surface area contributed by atoms with Gasteiger partial charge in [-0.2, -0.15) is 0 Å². The number of rotatable bonds is 2. The van der Waals surface area contributed by atoms with E-state index in [0.717, 1.165) is 19.3 Å². The Balaban J connectivity index is 2.45. The molecule has 1 rings (SSSR count). The van der Waals surface area contributed by atoms with Gasteiger partial charge in [-0.1, -0.05) is 13.3 Å². The van der Waals surface area contributed by atoms with Gasteiger partial charge >= 0.3 is 0 Å². The van der Waals surface area contributed by atoms with Gasteiger partial charge in [0.05, 0.1) is 12.2 Å². The van der Waals surface area contributed by atoms with Crippen molar-refractivity contribution in [1.82, 2.24) is 0 Å². The van der Waals surface area contributed by atoms with Gasteiger partial charge in [0.2, 0.25) is 0 Å². The summed E-state index contributed by atoms with van der Waals surface area (Å²) in [5, 5.41) is 18.8. The summed E-state index contributed by atoms with van der Waals surface area (Å²) in [5.74, 6) is 0.572. The van der Waals surface area contributed by atoms with Crippen LogP contribution in [0.5, 0.6) is 0 Å². The van der Waals surface area contributed by atoms with Crippen LogP contribution in [-0.4, -0.2) is 22.4 Å². The molecule has 1 aliphatic carbocycles. The van der Waals surface area contributed by atoms with Crippen molar-refractivity contribution in [2.45, 2.75) is 45.3 Å². The molecule has 1 saturated carbocycles. The summed E-state index contributed by atoms with van der Waals surface area (Å²) in [6, 6.07) is 0. The summed E-state index contributed by atoms with van der Waals surface area (Å²) < 4.78 is 0. The number of hydrogen-bond donors (Lipinski definition) is 2. The van der Waals surface area contributed by atoms with Crippen LogP contribution >= 0.6 is 0 Å². The summed E-state index contributed by atoms with van der Waals surface area (Å²) >= 11 is 0. The molecule has 0 aromatic carbocycles. The van der Waals surface area contributed by atoms with Gasteiger partial charge in [-0.05, 0) is 31.6 Å². The van der Waals surface area contributed by atoms with Gasteiger partial charge in [-0.25, -0.2) is 0 Å². The molecular weight excluding hydrogens is 140 g/mol. The average molecular weight is 158 g/mol. The Morgan fingerprint density at radius 1 is 1.27 bits per heavy atom. The largest absolute Gasteiger partial charge is 0.393 e. The molecule has 1 fully saturated rings.